The molecular weight excluding hydrogens is 500 g/mol. The number of hydrogen-bond donors (Lipinski definition) is 2. The van der Waals surface area contributed by atoms with Gasteiger partial charge < -0.3 is 15.4 Å². The summed E-state index contributed by atoms with van der Waals surface area (Å²) in [6.45, 7) is 10.6. The summed E-state index contributed by atoms with van der Waals surface area (Å²) in [7, 11) is 0. The summed E-state index contributed by atoms with van der Waals surface area (Å²) in [4.78, 5) is 13.1. The molecule has 6 rings (SSSR count). The number of aryl methyl sites for hydroxylation is 1. The number of rotatable bonds is 8. The number of anilines is 3. The molecule has 4 aromatic heterocycles. The fourth-order valence-electron chi connectivity index (χ4n) is 4.46. The summed E-state index contributed by atoms with van der Waals surface area (Å²) in [5, 5.41) is 10.9. The lowest BCUT2D eigenvalue weighted by molar-refractivity contribution is 0.0335. The van der Waals surface area contributed by atoms with E-state index in [0.29, 0.717) is 0 Å². The third kappa shape index (κ3) is 5.17. The van der Waals surface area contributed by atoms with E-state index in [1.807, 2.05) is 24.4 Å². The molecular formula is C28H28N6OS2. The highest BCUT2D eigenvalue weighted by molar-refractivity contribution is 7.18. The molecule has 37 heavy (non-hydrogen) atoms. The summed E-state index contributed by atoms with van der Waals surface area (Å²) in [6.07, 6.45) is 1.92. The van der Waals surface area contributed by atoms with Crippen molar-refractivity contribution in [1.29, 1.82) is 0 Å². The molecule has 188 valence electrons. The zero-order valence-corrected chi connectivity index (χ0v) is 22.2. The van der Waals surface area contributed by atoms with Crippen LogP contribution in [0.25, 0.3) is 22.7 Å². The number of benzene rings is 1. The van der Waals surface area contributed by atoms with Gasteiger partial charge in [0.15, 0.2) is 5.13 Å². The number of ether oxygens (including phenoxy) is 1. The highest BCUT2D eigenvalue weighted by Crippen LogP contribution is 2.33. The third-order valence-electron chi connectivity index (χ3n) is 6.43. The van der Waals surface area contributed by atoms with Gasteiger partial charge >= 0.3 is 0 Å². The van der Waals surface area contributed by atoms with Gasteiger partial charge in [-0.1, -0.05) is 30.8 Å². The standard InChI is InChI=1S/C28H28N6OS2/c1-19-6-3-4-8-22(19)30-20(2)25-10-11-27(37-25)32-28-31-23(18-36-28)24-16-29-26-9-5-7-21(34(24)26)17-33-12-14-35-15-13-33/h3-11,16,18,30H,2,12-15,17H2,1H3,(H,31,32). The number of aromatic nitrogens is 3. The molecule has 5 aromatic rings. The van der Waals surface area contributed by atoms with E-state index >= 15 is 0 Å². The van der Waals surface area contributed by atoms with Gasteiger partial charge in [0.05, 0.1) is 35.0 Å². The first-order chi connectivity index (χ1) is 18.1. The van der Waals surface area contributed by atoms with Crippen molar-refractivity contribution < 1.29 is 4.74 Å². The second-order valence-corrected chi connectivity index (χ2v) is 10.9. The molecule has 1 aromatic carbocycles. The van der Waals surface area contributed by atoms with Crippen LogP contribution in [0.15, 0.2) is 72.8 Å². The van der Waals surface area contributed by atoms with Crippen LogP contribution in [0.5, 0.6) is 0 Å². The number of thiophene rings is 1. The number of nitrogens with zero attached hydrogens (tertiary/aromatic N) is 4. The van der Waals surface area contributed by atoms with Gasteiger partial charge in [-0.2, -0.15) is 0 Å². The number of imidazole rings is 1. The Hall–Kier alpha value is -3.50. The van der Waals surface area contributed by atoms with Crippen molar-refractivity contribution >= 4 is 49.8 Å². The van der Waals surface area contributed by atoms with E-state index in [1.54, 1.807) is 22.7 Å². The SMILES string of the molecule is C=C(Nc1ccccc1C)c1ccc(Nc2nc(-c3cnc4cccc(CN5CCOCC5)n34)cs2)s1. The Bertz CT molecular complexity index is 1550. The Morgan fingerprint density at radius 1 is 1.08 bits per heavy atom. The van der Waals surface area contributed by atoms with Gasteiger partial charge in [0.2, 0.25) is 0 Å². The van der Waals surface area contributed by atoms with Crippen LogP contribution in [0, 0.1) is 6.92 Å². The second kappa shape index (κ2) is 10.5. The minimum absolute atomic E-state index is 0.785. The number of thiazole rings is 1. The molecule has 0 saturated carbocycles. The van der Waals surface area contributed by atoms with Crippen LogP contribution in [0.4, 0.5) is 15.8 Å². The molecule has 2 N–H and O–H groups in total. The largest absolute Gasteiger partial charge is 0.379 e. The van der Waals surface area contributed by atoms with Crippen molar-refractivity contribution in [2.75, 3.05) is 36.9 Å². The molecule has 0 atom stereocenters. The van der Waals surface area contributed by atoms with Gasteiger partial charge in [-0.05, 0) is 42.8 Å². The minimum atomic E-state index is 0.785. The average Bonchev–Trinajstić information content (AvgIpc) is 3.67. The molecule has 1 saturated heterocycles. The maximum absolute atomic E-state index is 5.52. The fourth-order valence-corrected chi connectivity index (χ4v) is 6.07. The van der Waals surface area contributed by atoms with Crippen molar-refractivity contribution in [3.8, 4) is 11.4 Å². The smallest absolute Gasteiger partial charge is 0.188 e. The highest BCUT2D eigenvalue weighted by Gasteiger charge is 2.17. The molecule has 0 amide bonds. The van der Waals surface area contributed by atoms with Gasteiger partial charge in [0, 0.05) is 42.1 Å². The molecule has 0 radical (unpaired) electrons. The van der Waals surface area contributed by atoms with Crippen LogP contribution < -0.4 is 10.6 Å². The Morgan fingerprint density at radius 2 is 1.95 bits per heavy atom. The van der Waals surface area contributed by atoms with Gasteiger partial charge in [-0.3, -0.25) is 9.30 Å². The van der Waals surface area contributed by atoms with Crippen molar-refractivity contribution in [3.05, 3.63) is 88.9 Å². The maximum Gasteiger partial charge on any atom is 0.188 e. The third-order valence-corrected chi connectivity index (χ3v) is 8.25. The molecule has 9 heteroatoms. The Kier molecular flexibility index (Phi) is 6.75. The van der Waals surface area contributed by atoms with E-state index in [-0.39, 0.29) is 0 Å². The quantitative estimate of drug-likeness (QED) is 0.240. The second-order valence-electron chi connectivity index (χ2n) is 8.99. The van der Waals surface area contributed by atoms with Crippen LogP contribution in [0.1, 0.15) is 16.1 Å². The van der Waals surface area contributed by atoms with E-state index < -0.39 is 0 Å². The molecule has 7 nitrogen and oxygen atoms in total. The van der Waals surface area contributed by atoms with Crippen LogP contribution in [-0.4, -0.2) is 45.6 Å². The average molecular weight is 529 g/mol. The van der Waals surface area contributed by atoms with Crippen molar-refractivity contribution in [2.24, 2.45) is 0 Å². The van der Waals surface area contributed by atoms with Crippen LogP contribution in [0.3, 0.4) is 0 Å². The van der Waals surface area contributed by atoms with E-state index in [0.717, 1.165) is 76.3 Å². The lowest BCUT2D eigenvalue weighted by Crippen LogP contribution is -2.36. The first-order valence-electron chi connectivity index (χ1n) is 12.2. The lowest BCUT2D eigenvalue weighted by atomic mass is 10.2. The minimum Gasteiger partial charge on any atom is -0.379 e. The topological polar surface area (TPSA) is 66.7 Å². The van der Waals surface area contributed by atoms with Gasteiger partial charge in [0.1, 0.15) is 11.3 Å². The summed E-state index contributed by atoms with van der Waals surface area (Å²) < 4.78 is 7.74. The normalized spacial score (nSPS) is 14.2. The molecule has 0 aliphatic carbocycles. The van der Waals surface area contributed by atoms with E-state index in [1.165, 1.54) is 11.3 Å². The zero-order valence-electron chi connectivity index (χ0n) is 20.6. The summed E-state index contributed by atoms with van der Waals surface area (Å²) in [6, 6.07) is 18.7. The van der Waals surface area contributed by atoms with Crippen molar-refractivity contribution in [1.82, 2.24) is 19.3 Å². The number of para-hydroxylation sites is 1. The maximum atomic E-state index is 5.52. The Morgan fingerprint density at radius 3 is 2.81 bits per heavy atom. The van der Waals surface area contributed by atoms with Crippen molar-refractivity contribution in [2.45, 2.75) is 13.5 Å². The van der Waals surface area contributed by atoms with Crippen molar-refractivity contribution in [3.63, 3.8) is 0 Å². The number of fused-ring (bicyclic) bond motifs is 1. The summed E-state index contributed by atoms with van der Waals surface area (Å²) >= 11 is 3.25. The summed E-state index contributed by atoms with van der Waals surface area (Å²) in [5.41, 5.74) is 7.20. The number of hydrogen-bond acceptors (Lipinski definition) is 8. The predicted molar refractivity (Wildman–Crippen MR) is 154 cm³/mol. The van der Waals surface area contributed by atoms with Crippen LogP contribution in [-0.2, 0) is 11.3 Å². The summed E-state index contributed by atoms with van der Waals surface area (Å²) in [5.74, 6) is 0. The molecule has 0 spiro atoms. The molecule has 1 aliphatic heterocycles. The molecule has 0 bridgehead atoms. The number of pyridine rings is 1. The fraction of sp³-hybridized carbons (Fsp3) is 0.214. The first-order valence-corrected chi connectivity index (χ1v) is 13.9. The van der Waals surface area contributed by atoms with Crippen LogP contribution >= 0.6 is 22.7 Å². The lowest BCUT2D eigenvalue weighted by Gasteiger charge is -2.27. The van der Waals surface area contributed by atoms with E-state index in [4.69, 9.17) is 9.72 Å². The van der Waals surface area contributed by atoms with Gasteiger partial charge in [-0.15, -0.1) is 22.7 Å². The van der Waals surface area contributed by atoms with Gasteiger partial charge in [-0.25, -0.2) is 9.97 Å². The molecule has 5 heterocycles. The van der Waals surface area contributed by atoms with Gasteiger partial charge in [0.25, 0.3) is 0 Å². The zero-order chi connectivity index (χ0) is 25.2. The molecule has 1 aliphatic rings. The first kappa shape index (κ1) is 23.9. The number of morpholine rings is 1. The van der Waals surface area contributed by atoms with E-state index in [2.05, 4.69) is 80.2 Å². The predicted octanol–water partition coefficient (Wildman–Crippen LogP) is 6.49. The Labute approximate surface area is 224 Å². The number of nitrogens with one attached hydrogen (secondary N) is 2. The Balaban J connectivity index is 1.19. The van der Waals surface area contributed by atoms with Crippen LogP contribution in [0.2, 0.25) is 0 Å². The van der Waals surface area contributed by atoms with E-state index in [9.17, 15) is 0 Å². The monoisotopic (exact) mass is 528 g/mol. The molecule has 0 unspecified atom stereocenters. The highest BCUT2D eigenvalue weighted by atomic mass is 32.1. The molecule has 1 fully saturated rings.